The molecule has 0 N–H and O–H groups in total. The van der Waals surface area contributed by atoms with Gasteiger partial charge in [0, 0.05) is 22.1 Å². The van der Waals surface area contributed by atoms with Gasteiger partial charge < -0.3 is 9.47 Å². The highest BCUT2D eigenvalue weighted by Crippen LogP contribution is 2.46. The zero-order valence-corrected chi connectivity index (χ0v) is 13.8. The SMILES string of the molecule is COc1cc2c(cc1OC)C(=Cc1ccccc1[N+](=O)[O-])C(=O)S2. The van der Waals surface area contributed by atoms with Crippen LogP contribution < -0.4 is 9.47 Å². The van der Waals surface area contributed by atoms with E-state index in [1.54, 1.807) is 36.4 Å². The molecule has 0 spiro atoms. The van der Waals surface area contributed by atoms with E-state index in [-0.39, 0.29) is 10.8 Å². The second kappa shape index (κ2) is 6.37. The second-order valence-corrected chi connectivity index (χ2v) is 5.98. The van der Waals surface area contributed by atoms with Crippen molar-refractivity contribution in [1.82, 2.24) is 0 Å². The van der Waals surface area contributed by atoms with E-state index in [4.69, 9.17) is 9.47 Å². The molecule has 0 bridgehead atoms. The molecule has 0 saturated carbocycles. The Balaban J connectivity index is 2.15. The summed E-state index contributed by atoms with van der Waals surface area (Å²) in [5.74, 6) is 1.03. The highest BCUT2D eigenvalue weighted by atomic mass is 32.2. The lowest BCUT2D eigenvalue weighted by atomic mass is 10.0. The molecule has 0 aromatic heterocycles. The van der Waals surface area contributed by atoms with Crippen LogP contribution in [-0.2, 0) is 4.79 Å². The Labute approximate surface area is 142 Å². The van der Waals surface area contributed by atoms with Gasteiger partial charge >= 0.3 is 0 Å². The van der Waals surface area contributed by atoms with Crippen molar-refractivity contribution in [3.63, 3.8) is 0 Å². The van der Waals surface area contributed by atoms with E-state index >= 15 is 0 Å². The minimum atomic E-state index is -0.464. The lowest BCUT2D eigenvalue weighted by molar-refractivity contribution is -0.385. The molecule has 0 fully saturated rings. The first-order valence-electron chi connectivity index (χ1n) is 6.99. The van der Waals surface area contributed by atoms with Crippen molar-refractivity contribution in [2.45, 2.75) is 4.90 Å². The lowest BCUT2D eigenvalue weighted by Crippen LogP contribution is -1.95. The molecular formula is C17H13NO5S. The number of para-hydroxylation sites is 1. The standard InChI is InChI=1S/C17H13NO5S/c1-22-14-8-11-12(17(19)24-16(11)9-15(14)23-2)7-10-5-3-4-6-13(10)18(20)21/h3-9H,1-2H3. The number of ether oxygens (including phenoxy) is 2. The predicted octanol–water partition coefficient (Wildman–Crippen LogP) is 3.78. The van der Waals surface area contributed by atoms with E-state index in [2.05, 4.69) is 0 Å². The van der Waals surface area contributed by atoms with E-state index in [1.165, 1.54) is 20.3 Å². The highest BCUT2D eigenvalue weighted by Gasteiger charge is 2.28. The summed E-state index contributed by atoms with van der Waals surface area (Å²) in [6.45, 7) is 0. The van der Waals surface area contributed by atoms with Crippen LogP contribution in [0.15, 0.2) is 41.3 Å². The van der Waals surface area contributed by atoms with Crippen molar-refractivity contribution in [2.24, 2.45) is 0 Å². The number of hydrogen-bond acceptors (Lipinski definition) is 6. The van der Waals surface area contributed by atoms with Crippen molar-refractivity contribution < 1.29 is 19.2 Å². The normalized spacial score (nSPS) is 14.6. The summed E-state index contributed by atoms with van der Waals surface area (Å²) in [5, 5.41) is 11.0. The molecule has 1 heterocycles. The van der Waals surface area contributed by atoms with Crippen LogP contribution >= 0.6 is 11.8 Å². The molecule has 1 aliphatic heterocycles. The molecule has 24 heavy (non-hydrogen) atoms. The highest BCUT2D eigenvalue weighted by molar-refractivity contribution is 8.15. The molecule has 0 radical (unpaired) electrons. The molecule has 1 aliphatic rings. The van der Waals surface area contributed by atoms with Crippen LogP contribution in [0.5, 0.6) is 11.5 Å². The first-order chi connectivity index (χ1) is 11.5. The quantitative estimate of drug-likeness (QED) is 0.477. The Bertz CT molecular complexity index is 875. The molecule has 2 aromatic carbocycles. The molecule has 122 valence electrons. The number of carbonyl (C=O) groups is 1. The summed E-state index contributed by atoms with van der Waals surface area (Å²) < 4.78 is 10.5. The summed E-state index contributed by atoms with van der Waals surface area (Å²) in [7, 11) is 3.04. The molecule has 2 aromatic rings. The average Bonchev–Trinajstić information content (AvgIpc) is 2.88. The third-order valence-electron chi connectivity index (χ3n) is 3.63. The number of carbonyl (C=O) groups excluding carboxylic acids is 1. The minimum Gasteiger partial charge on any atom is -0.493 e. The molecule has 7 heteroatoms. The molecule has 0 saturated heterocycles. The van der Waals surface area contributed by atoms with Gasteiger partial charge in [0.05, 0.1) is 24.7 Å². The molecule has 6 nitrogen and oxygen atoms in total. The number of fused-ring (bicyclic) bond motifs is 1. The number of benzene rings is 2. The van der Waals surface area contributed by atoms with E-state index in [0.717, 1.165) is 16.7 Å². The Hall–Kier alpha value is -2.80. The molecule has 0 aliphatic carbocycles. The first kappa shape index (κ1) is 16.1. The molecular weight excluding hydrogens is 330 g/mol. The minimum absolute atomic E-state index is 0.0447. The fourth-order valence-electron chi connectivity index (χ4n) is 2.49. The second-order valence-electron chi connectivity index (χ2n) is 4.97. The number of nitrogens with zero attached hydrogens (tertiary/aromatic N) is 1. The van der Waals surface area contributed by atoms with Crippen LogP contribution in [0.25, 0.3) is 11.6 Å². The van der Waals surface area contributed by atoms with E-state index in [1.807, 2.05) is 0 Å². The van der Waals surface area contributed by atoms with Crippen LogP contribution in [0, 0.1) is 10.1 Å². The van der Waals surface area contributed by atoms with E-state index in [0.29, 0.717) is 28.2 Å². The topological polar surface area (TPSA) is 78.7 Å². The maximum absolute atomic E-state index is 12.4. The molecule has 3 rings (SSSR count). The summed E-state index contributed by atoms with van der Waals surface area (Å²) >= 11 is 1.07. The summed E-state index contributed by atoms with van der Waals surface area (Å²) in [4.78, 5) is 23.8. The average molecular weight is 343 g/mol. The number of hydrogen-bond donors (Lipinski definition) is 0. The monoisotopic (exact) mass is 343 g/mol. The van der Waals surface area contributed by atoms with Crippen molar-refractivity contribution in [1.29, 1.82) is 0 Å². The van der Waals surface area contributed by atoms with Crippen LogP contribution in [0.2, 0.25) is 0 Å². The Morgan fingerprint density at radius 1 is 1.12 bits per heavy atom. The van der Waals surface area contributed by atoms with Gasteiger partial charge in [-0.2, -0.15) is 0 Å². The third kappa shape index (κ3) is 2.74. The van der Waals surface area contributed by atoms with E-state index in [9.17, 15) is 14.9 Å². The predicted molar refractivity (Wildman–Crippen MR) is 91.4 cm³/mol. The lowest BCUT2D eigenvalue weighted by Gasteiger charge is -2.09. The van der Waals surface area contributed by atoms with Crippen LogP contribution in [0.3, 0.4) is 0 Å². The van der Waals surface area contributed by atoms with Crippen molar-refractivity contribution in [2.75, 3.05) is 14.2 Å². The third-order valence-corrected chi connectivity index (χ3v) is 4.59. The number of methoxy groups -OCH3 is 2. The molecule has 0 atom stereocenters. The number of thioether (sulfide) groups is 1. The van der Waals surface area contributed by atoms with Gasteiger partial charge in [0.2, 0.25) is 5.12 Å². The van der Waals surface area contributed by atoms with Crippen LogP contribution in [0.1, 0.15) is 11.1 Å². The van der Waals surface area contributed by atoms with E-state index < -0.39 is 4.92 Å². The molecule has 0 amide bonds. The Morgan fingerprint density at radius 2 is 1.79 bits per heavy atom. The van der Waals surface area contributed by atoms with Crippen molar-refractivity contribution >= 4 is 34.2 Å². The van der Waals surface area contributed by atoms with Crippen LogP contribution in [-0.4, -0.2) is 24.3 Å². The van der Waals surface area contributed by atoms with Gasteiger partial charge in [-0.1, -0.05) is 12.1 Å². The van der Waals surface area contributed by atoms with Gasteiger partial charge in [-0.15, -0.1) is 0 Å². The maximum Gasteiger partial charge on any atom is 0.276 e. The fourth-order valence-corrected chi connectivity index (χ4v) is 3.41. The first-order valence-corrected chi connectivity index (χ1v) is 7.80. The Morgan fingerprint density at radius 3 is 2.46 bits per heavy atom. The van der Waals surface area contributed by atoms with Crippen molar-refractivity contribution in [3.05, 3.63) is 57.6 Å². The largest absolute Gasteiger partial charge is 0.493 e. The van der Waals surface area contributed by atoms with Crippen LogP contribution in [0.4, 0.5) is 5.69 Å². The zero-order chi connectivity index (χ0) is 17.3. The van der Waals surface area contributed by atoms with Gasteiger partial charge in [-0.3, -0.25) is 14.9 Å². The number of nitro benzene ring substituents is 1. The van der Waals surface area contributed by atoms with Gasteiger partial charge in [0.15, 0.2) is 11.5 Å². The molecule has 0 unspecified atom stereocenters. The maximum atomic E-state index is 12.4. The van der Waals surface area contributed by atoms with Gasteiger partial charge in [-0.05, 0) is 36.0 Å². The van der Waals surface area contributed by atoms with Crippen molar-refractivity contribution in [3.8, 4) is 11.5 Å². The number of rotatable bonds is 4. The van der Waals surface area contributed by atoms with Gasteiger partial charge in [0.25, 0.3) is 5.69 Å². The summed E-state index contributed by atoms with van der Waals surface area (Å²) in [6, 6.07) is 9.76. The Kier molecular flexibility index (Phi) is 4.26. The zero-order valence-electron chi connectivity index (χ0n) is 12.9. The fraction of sp³-hybridized carbons (Fsp3) is 0.118. The van der Waals surface area contributed by atoms with Gasteiger partial charge in [0.1, 0.15) is 0 Å². The number of nitro groups is 1. The summed E-state index contributed by atoms with van der Waals surface area (Å²) in [5.41, 5.74) is 1.43. The smallest absolute Gasteiger partial charge is 0.276 e. The van der Waals surface area contributed by atoms with Gasteiger partial charge in [-0.25, -0.2) is 0 Å². The summed E-state index contributed by atoms with van der Waals surface area (Å²) in [6.07, 6.45) is 1.55.